The van der Waals surface area contributed by atoms with E-state index < -0.39 is 0 Å². The van der Waals surface area contributed by atoms with Crippen LogP contribution in [0.1, 0.15) is 17.1 Å². The molecule has 3 aromatic heterocycles. The van der Waals surface area contributed by atoms with E-state index in [-0.39, 0.29) is 0 Å². The Kier molecular flexibility index (Phi) is 2.71. The molecule has 0 radical (unpaired) electrons. The molecular weight excluding hydrogens is 246 g/mol. The molecule has 0 aliphatic rings. The highest BCUT2D eigenvalue weighted by molar-refractivity contribution is 7.13. The van der Waals surface area contributed by atoms with Crippen molar-refractivity contribution in [2.75, 3.05) is 5.32 Å². The van der Waals surface area contributed by atoms with Crippen LogP contribution in [0, 0.1) is 13.8 Å². The summed E-state index contributed by atoms with van der Waals surface area (Å²) >= 11 is 1.58. The predicted molar refractivity (Wildman–Crippen MR) is 71.9 cm³/mol. The Bertz CT molecular complexity index is 671. The monoisotopic (exact) mass is 259 g/mol. The Labute approximate surface area is 109 Å². The molecule has 0 spiro atoms. The van der Waals surface area contributed by atoms with Gasteiger partial charge in [-0.1, -0.05) is 0 Å². The first-order chi connectivity index (χ1) is 8.72. The van der Waals surface area contributed by atoms with Crippen LogP contribution >= 0.6 is 11.3 Å². The third-order valence-corrected chi connectivity index (χ3v) is 3.32. The number of hydrogen-bond donors (Lipinski definition) is 1. The Morgan fingerprint density at radius 2 is 2.00 bits per heavy atom. The zero-order valence-corrected chi connectivity index (χ0v) is 11.0. The summed E-state index contributed by atoms with van der Waals surface area (Å²) < 4.78 is 2.02. The van der Waals surface area contributed by atoms with Gasteiger partial charge >= 0.3 is 0 Å². The SMILES string of the molecule is Cc1cn2cc(C)nc2c(CNc2nccs2)n1. The average Bonchev–Trinajstić information content (AvgIpc) is 2.93. The van der Waals surface area contributed by atoms with E-state index in [0.717, 1.165) is 27.9 Å². The molecule has 0 aromatic carbocycles. The largest absolute Gasteiger partial charge is 0.356 e. The highest BCUT2D eigenvalue weighted by atomic mass is 32.1. The summed E-state index contributed by atoms with van der Waals surface area (Å²) in [5.41, 5.74) is 3.83. The van der Waals surface area contributed by atoms with Gasteiger partial charge < -0.3 is 9.72 Å². The van der Waals surface area contributed by atoms with Crippen molar-refractivity contribution in [3.05, 3.63) is 41.1 Å². The smallest absolute Gasteiger partial charge is 0.182 e. The number of anilines is 1. The van der Waals surface area contributed by atoms with E-state index in [1.165, 1.54) is 0 Å². The maximum Gasteiger partial charge on any atom is 0.182 e. The van der Waals surface area contributed by atoms with E-state index in [4.69, 9.17) is 0 Å². The van der Waals surface area contributed by atoms with E-state index in [9.17, 15) is 0 Å². The second kappa shape index (κ2) is 4.38. The van der Waals surface area contributed by atoms with E-state index >= 15 is 0 Å². The number of aromatic nitrogens is 4. The van der Waals surface area contributed by atoms with Gasteiger partial charge in [0.1, 0.15) is 5.69 Å². The number of hydrogen-bond acceptors (Lipinski definition) is 5. The van der Waals surface area contributed by atoms with Gasteiger partial charge in [-0.15, -0.1) is 11.3 Å². The molecule has 0 saturated heterocycles. The van der Waals surface area contributed by atoms with Crippen LogP contribution in [0.4, 0.5) is 5.13 Å². The Morgan fingerprint density at radius 3 is 2.72 bits per heavy atom. The van der Waals surface area contributed by atoms with Crippen LogP contribution in [0.5, 0.6) is 0 Å². The second-order valence-corrected chi connectivity index (χ2v) is 5.03. The van der Waals surface area contributed by atoms with Crippen molar-refractivity contribution in [1.29, 1.82) is 0 Å². The average molecular weight is 259 g/mol. The maximum absolute atomic E-state index is 4.55. The Morgan fingerprint density at radius 1 is 1.22 bits per heavy atom. The highest BCUT2D eigenvalue weighted by Crippen LogP contribution is 2.14. The molecule has 6 heteroatoms. The van der Waals surface area contributed by atoms with Gasteiger partial charge in [-0.2, -0.15) is 0 Å². The summed E-state index contributed by atoms with van der Waals surface area (Å²) in [5, 5.41) is 6.11. The van der Waals surface area contributed by atoms with Crippen LogP contribution in [-0.2, 0) is 6.54 Å². The van der Waals surface area contributed by atoms with Gasteiger partial charge in [0.15, 0.2) is 10.8 Å². The lowest BCUT2D eigenvalue weighted by Crippen LogP contribution is -2.05. The minimum Gasteiger partial charge on any atom is -0.356 e. The molecule has 18 heavy (non-hydrogen) atoms. The predicted octanol–water partition coefficient (Wildman–Crippen LogP) is 2.41. The van der Waals surface area contributed by atoms with Gasteiger partial charge in [0.2, 0.25) is 0 Å². The molecule has 3 aromatic rings. The molecule has 0 aliphatic heterocycles. The molecule has 0 fully saturated rings. The normalized spacial score (nSPS) is 11.0. The van der Waals surface area contributed by atoms with Gasteiger partial charge in [-0.3, -0.25) is 4.98 Å². The molecular formula is C12H13N5S. The molecule has 0 bridgehead atoms. The van der Waals surface area contributed by atoms with Crippen molar-refractivity contribution in [3.63, 3.8) is 0 Å². The lowest BCUT2D eigenvalue weighted by atomic mass is 10.4. The van der Waals surface area contributed by atoms with E-state index in [1.54, 1.807) is 17.5 Å². The highest BCUT2D eigenvalue weighted by Gasteiger charge is 2.07. The molecule has 3 heterocycles. The number of nitrogens with zero attached hydrogens (tertiary/aromatic N) is 4. The third-order valence-electron chi connectivity index (χ3n) is 2.59. The number of fused-ring (bicyclic) bond motifs is 1. The fourth-order valence-corrected chi connectivity index (χ4v) is 2.44. The minimum absolute atomic E-state index is 0.634. The fourth-order valence-electron chi connectivity index (χ4n) is 1.91. The molecule has 0 unspecified atom stereocenters. The van der Waals surface area contributed by atoms with E-state index in [0.29, 0.717) is 6.54 Å². The number of aryl methyl sites for hydroxylation is 2. The summed E-state index contributed by atoms with van der Waals surface area (Å²) in [4.78, 5) is 13.2. The Balaban J connectivity index is 1.95. The van der Waals surface area contributed by atoms with Crippen molar-refractivity contribution < 1.29 is 0 Å². The number of thiazole rings is 1. The standard InChI is InChI=1S/C12H13N5S/c1-8-6-17-7-9(2)16-11(17)10(15-8)5-14-12-13-3-4-18-12/h3-4,6-7H,5H2,1-2H3,(H,13,14). The molecule has 5 nitrogen and oxygen atoms in total. The zero-order chi connectivity index (χ0) is 12.5. The van der Waals surface area contributed by atoms with Crippen molar-refractivity contribution in [2.45, 2.75) is 20.4 Å². The molecule has 3 rings (SSSR count). The second-order valence-electron chi connectivity index (χ2n) is 4.13. The summed E-state index contributed by atoms with van der Waals surface area (Å²) in [6.07, 6.45) is 5.78. The number of imidazole rings is 1. The first-order valence-corrected chi connectivity index (χ1v) is 6.55. The molecule has 1 N–H and O–H groups in total. The van der Waals surface area contributed by atoms with Crippen LogP contribution in [0.25, 0.3) is 5.65 Å². The van der Waals surface area contributed by atoms with Crippen LogP contribution in [0.3, 0.4) is 0 Å². The summed E-state index contributed by atoms with van der Waals surface area (Å²) in [7, 11) is 0. The molecule has 0 saturated carbocycles. The lowest BCUT2D eigenvalue weighted by molar-refractivity contribution is 0.966. The molecule has 0 aliphatic carbocycles. The maximum atomic E-state index is 4.55. The van der Waals surface area contributed by atoms with E-state index in [1.807, 2.05) is 36.0 Å². The van der Waals surface area contributed by atoms with Crippen LogP contribution < -0.4 is 5.32 Å². The lowest BCUT2D eigenvalue weighted by Gasteiger charge is -2.05. The van der Waals surface area contributed by atoms with Crippen molar-refractivity contribution in [1.82, 2.24) is 19.4 Å². The van der Waals surface area contributed by atoms with Crippen LogP contribution in [0.2, 0.25) is 0 Å². The third kappa shape index (κ3) is 2.06. The van der Waals surface area contributed by atoms with Gasteiger partial charge in [-0.05, 0) is 13.8 Å². The van der Waals surface area contributed by atoms with E-state index in [2.05, 4.69) is 20.3 Å². The molecule has 0 atom stereocenters. The topological polar surface area (TPSA) is 55.1 Å². The summed E-state index contributed by atoms with van der Waals surface area (Å²) in [6.45, 7) is 4.61. The van der Waals surface area contributed by atoms with Gasteiger partial charge in [0.25, 0.3) is 0 Å². The van der Waals surface area contributed by atoms with Crippen LogP contribution in [0.15, 0.2) is 24.0 Å². The van der Waals surface area contributed by atoms with Crippen molar-refractivity contribution in [2.24, 2.45) is 0 Å². The van der Waals surface area contributed by atoms with Crippen molar-refractivity contribution in [3.8, 4) is 0 Å². The van der Waals surface area contributed by atoms with Crippen LogP contribution in [-0.4, -0.2) is 19.4 Å². The molecule has 92 valence electrons. The van der Waals surface area contributed by atoms with Gasteiger partial charge in [0.05, 0.1) is 17.9 Å². The zero-order valence-electron chi connectivity index (χ0n) is 10.2. The number of nitrogens with one attached hydrogen (secondary N) is 1. The fraction of sp³-hybridized carbons (Fsp3) is 0.250. The minimum atomic E-state index is 0.634. The number of rotatable bonds is 3. The van der Waals surface area contributed by atoms with Gasteiger partial charge in [0, 0.05) is 24.0 Å². The van der Waals surface area contributed by atoms with Gasteiger partial charge in [-0.25, -0.2) is 9.97 Å². The summed E-state index contributed by atoms with van der Waals surface area (Å²) in [5.74, 6) is 0. The van der Waals surface area contributed by atoms with Crippen molar-refractivity contribution >= 4 is 22.1 Å². The Hall–Kier alpha value is -1.95. The molecule has 0 amide bonds. The first kappa shape index (κ1) is 11.2. The first-order valence-electron chi connectivity index (χ1n) is 5.67. The summed E-state index contributed by atoms with van der Waals surface area (Å²) in [6, 6.07) is 0. The quantitative estimate of drug-likeness (QED) is 0.784.